The predicted molar refractivity (Wildman–Crippen MR) is 61.8 cm³/mol. The summed E-state index contributed by atoms with van der Waals surface area (Å²) in [4.78, 5) is -0.00694. The van der Waals surface area contributed by atoms with Crippen LogP contribution in [0.2, 0.25) is 0 Å². The van der Waals surface area contributed by atoms with Gasteiger partial charge in [-0.1, -0.05) is 6.07 Å². The molecule has 0 aliphatic heterocycles. The summed E-state index contributed by atoms with van der Waals surface area (Å²) >= 11 is 0. The molecule has 0 spiro atoms. The topological polar surface area (TPSA) is 49.4 Å². The summed E-state index contributed by atoms with van der Waals surface area (Å²) in [6, 6.07) is 6.01. The molecule has 0 atom stereocenters. The van der Waals surface area contributed by atoms with Gasteiger partial charge in [-0.15, -0.1) is 0 Å². The molecule has 0 aliphatic carbocycles. The van der Waals surface area contributed by atoms with Crippen LogP contribution >= 0.6 is 0 Å². The van der Waals surface area contributed by atoms with Crippen LogP contribution < -0.4 is 5.32 Å². The van der Waals surface area contributed by atoms with Gasteiger partial charge in [0.2, 0.25) is 10.0 Å². The lowest BCUT2D eigenvalue weighted by molar-refractivity contribution is 0.126. The Morgan fingerprint density at radius 1 is 1.41 bits per heavy atom. The first-order valence-electron chi connectivity index (χ1n) is 4.90. The zero-order valence-electron chi connectivity index (χ0n) is 9.52. The molecule has 0 bridgehead atoms. The number of halogens is 2. The summed E-state index contributed by atoms with van der Waals surface area (Å²) in [5.41, 5.74) is 0.608. The number of nitrogens with one attached hydrogen (secondary N) is 1. The van der Waals surface area contributed by atoms with Crippen molar-refractivity contribution in [2.45, 2.75) is 11.3 Å². The lowest BCUT2D eigenvalue weighted by Gasteiger charge is -2.17. The van der Waals surface area contributed by atoms with E-state index in [0.29, 0.717) is 9.99 Å². The minimum atomic E-state index is -3.85. The molecule has 1 aromatic rings. The van der Waals surface area contributed by atoms with Crippen LogP contribution in [0, 0.1) is 0 Å². The number of benzene rings is 1. The van der Waals surface area contributed by atoms with Crippen molar-refractivity contribution in [1.82, 2.24) is 4.31 Å². The highest BCUT2D eigenvalue weighted by Gasteiger charge is 2.23. The summed E-state index contributed by atoms with van der Waals surface area (Å²) < 4.78 is 48.8. The van der Waals surface area contributed by atoms with Gasteiger partial charge >= 0.3 is 0 Å². The van der Waals surface area contributed by atoms with E-state index in [-0.39, 0.29) is 4.90 Å². The highest BCUT2D eigenvalue weighted by atomic mass is 32.2. The highest BCUT2D eigenvalue weighted by Crippen LogP contribution is 2.18. The van der Waals surface area contributed by atoms with E-state index in [1.54, 1.807) is 19.2 Å². The summed E-state index contributed by atoms with van der Waals surface area (Å²) in [6.07, 6.45) is -2.69. The van der Waals surface area contributed by atoms with Crippen LogP contribution in [0.3, 0.4) is 0 Å². The standard InChI is InChI=1S/C10H14F2N2O2S/c1-13-8-4-3-5-9(6-8)17(15,16)14(2)7-10(11)12/h3-6,10,13H,7H2,1-2H3. The second-order valence-corrected chi connectivity index (χ2v) is 5.50. The number of hydrogen-bond donors (Lipinski definition) is 1. The second kappa shape index (κ2) is 5.42. The van der Waals surface area contributed by atoms with Gasteiger partial charge in [0, 0.05) is 19.8 Å². The Kier molecular flexibility index (Phi) is 4.41. The average molecular weight is 264 g/mol. The van der Waals surface area contributed by atoms with Gasteiger partial charge in [0.1, 0.15) is 0 Å². The molecule has 0 amide bonds. The SMILES string of the molecule is CNc1cccc(S(=O)(=O)N(C)CC(F)F)c1. The first-order valence-corrected chi connectivity index (χ1v) is 6.34. The molecule has 0 saturated carbocycles. The Morgan fingerprint density at radius 2 is 2.06 bits per heavy atom. The van der Waals surface area contributed by atoms with E-state index in [9.17, 15) is 17.2 Å². The fourth-order valence-corrected chi connectivity index (χ4v) is 2.48. The van der Waals surface area contributed by atoms with Crippen molar-refractivity contribution < 1.29 is 17.2 Å². The molecule has 7 heteroatoms. The first kappa shape index (κ1) is 13.9. The summed E-state index contributed by atoms with van der Waals surface area (Å²) in [6.45, 7) is -0.813. The van der Waals surface area contributed by atoms with E-state index in [1.807, 2.05) is 0 Å². The van der Waals surface area contributed by atoms with Crippen molar-refractivity contribution in [3.63, 3.8) is 0 Å². The van der Waals surface area contributed by atoms with Gasteiger partial charge in [0.05, 0.1) is 11.4 Å². The molecule has 0 radical (unpaired) electrons. The largest absolute Gasteiger partial charge is 0.388 e. The zero-order valence-corrected chi connectivity index (χ0v) is 10.3. The minimum Gasteiger partial charge on any atom is -0.388 e. The van der Waals surface area contributed by atoms with Gasteiger partial charge in [-0.3, -0.25) is 0 Å². The lowest BCUT2D eigenvalue weighted by Crippen LogP contribution is -2.31. The van der Waals surface area contributed by atoms with Crippen LogP contribution in [-0.4, -0.2) is 39.8 Å². The number of alkyl halides is 2. The first-order chi connectivity index (χ1) is 7.87. The maximum absolute atomic E-state index is 12.2. The van der Waals surface area contributed by atoms with Crippen molar-refractivity contribution in [2.75, 3.05) is 26.0 Å². The van der Waals surface area contributed by atoms with Crippen molar-refractivity contribution in [1.29, 1.82) is 0 Å². The van der Waals surface area contributed by atoms with Crippen LogP contribution in [0.4, 0.5) is 14.5 Å². The summed E-state index contributed by atoms with van der Waals surface area (Å²) in [5.74, 6) is 0. The highest BCUT2D eigenvalue weighted by molar-refractivity contribution is 7.89. The summed E-state index contributed by atoms with van der Waals surface area (Å²) in [5, 5.41) is 2.79. The third-order valence-corrected chi connectivity index (χ3v) is 4.05. The Morgan fingerprint density at radius 3 is 2.59 bits per heavy atom. The molecule has 0 heterocycles. The molecular weight excluding hydrogens is 250 g/mol. The van der Waals surface area contributed by atoms with Gasteiger partial charge in [-0.05, 0) is 18.2 Å². The number of rotatable bonds is 5. The molecule has 0 fully saturated rings. The van der Waals surface area contributed by atoms with E-state index >= 15 is 0 Å². The van der Waals surface area contributed by atoms with E-state index < -0.39 is 23.0 Å². The Balaban J connectivity index is 3.04. The minimum absolute atomic E-state index is 0.00694. The molecule has 0 unspecified atom stereocenters. The molecule has 4 nitrogen and oxygen atoms in total. The van der Waals surface area contributed by atoms with Gasteiger partial charge in [0.15, 0.2) is 0 Å². The third kappa shape index (κ3) is 3.37. The van der Waals surface area contributed by atoms with Crippen molar-refractivity contribution in [2.24, 2.45) is 0 Å². The molecule has 0 aromatic heterocycles. The van der Waals surface area contributed by atoms with Crippen molar-refractivity contribution >= 4 is 15.7 Å². The van der Waals surface area contributed by atoms with Crippen molar-refractivity contribution in [3.8, 4) is 0 Å². The maximum Gasteiger partial charge on any atom is 0.252 e. The second-order valence-electron chi connectivity index (χ2n) is 3.45. The predicted octanol–water partition coefficient (Wildman–Crippen LogP) is 1.61. The quantitative estimate of drug-likeness (QED) is 0.879. The van der Waals surface area contributed by atoms with E-state index in [4.69, 9.17) is 0 Å². The van der Waals surface area contributed by atoms with Crippen LogP contribution in [-0.2, 0) is 10.0 Å². The Labute approximate surface area is 99.3 Å². The van der Waals surface area contributed by atoms with E-state index in [0.717, 1.165) is 7.05 Å². The Hall–Kier alpha value is -1.21. The van der Waals surface area contributed by atoms with E-state index in [1.165, 1.54) is 12.1 Å². The maximum atomic E-state index is 12.2. The van der Waals surface area contributed by atoms with E-state index in [2.05, 4.69) is 5.32 Å². The van der Waals surface area contributed by atoms with Gasteiger partial charge in [0.25, 0.3) is 6.43 Å². The molecule has 1 N–H and O–H groups in total. The third-order valence-electron chi connectivity index (χ3n) is 2.23. The molecule has 1 aromatic carbocycles. The fourth-order valence-electron chi connectivity index (χ4n) is 1.28. The van der Waals surface area contributed by atoms with Crippen LogP contribution in [0.15, 0.2) is 29.2 Å². The van der Waals surface area contributed by atoms with Crippen LogP contribution in [0.1, 0.15) is 0 Å². The van der Waals surface area contributed by atoms with Gasteiger partial charge in [-0.25, -0.2) is 17.2 Å². The lowest BCUT2D eigenvalue weighted by atomic mass is 10.3. The molecule has 0 aliphatic rings. The normalized spacial score (nSPS) is 12.1. The zero-order chi connectivity index (χ0) is 13.1. The number of anilines is 1. The van der Waals surface area contributed by atoms with Gasteiger partial charge < -0.3 is 5.32 Å². The number of nitrogens with zero attached hydrogens (tertiary/aromatic N) is 1. The molecule has 0 saturated heterocycles. The monoisotopic (exact) mass is 264 g/mol. The van der Waals surface area contributed by atoms with Gasteiger partial charge in [-0.2, -0.15) is 4.31 Å². The van der Waals surface area contributed by atoms with Crippen LogP contribution in [0.5, 0.6) is 0 Å². The van der Waals surface area contributed by atoms with Crippen molar-refractivity contribution in [3.05, 3.63) is 24.3 Å². The average Bonchev–Trinajstić information content (AvgIpc) is 2.28. The van der Waals surface area contributed by atoms with Crippen LogP contribution in [0.25, 0.3) is 0 Å². The molecule has 17 heavy (non-hydrogen) atoms. The number of hydrogen-bond acceptors (Lipinski definition) is 3. The molecule has 1 rings (SSSR count). The summed E-state index contributed by atoms with van der Waals surface area (Å²) in [7, 11) is -1.07. The number of sulfonamides is 1. The smallest absolute Gasteiger partial charge is 0.252 e. The molecular formula is C10H14F2N2O2S. The molecule has 96 valence electrons. The fraction of sp³-hybridized carbons (Fsp3) is 0.400. The Bertz CT molecular complexity index is 477.